The van der Waals surface area contributed by atoms with Crippen LogP contribution < -0.4 is 10.6 Å². The Morgan fingerprint density at radius 1 is 1.24 bits per heavy atom. The minimum atomic E-state index is 0.169. The second-order valence-corrected chi connectivity index (χ2v) is 5.77. The summed E-state index contributed by atoms with van der Waals surface area (Å²) in [6.07, 6.45) is 5.40. The molecule has 0 aliphatic heterocycles. The van der Waals surface area contributed by atoms with E-state index in [-0.39, 0.29) is 6.04 Å². The predicted octanol–water partition coefficient (Wildman–Crippen LogP) is 3.65. The molecular formula is C17H22ClN3. The second-order valence-electron chi connectivity index (χ2n) is 5.36. The number of nitrogens with zero attached hydrogens (tertiary/aromatic N) is 2. The van der Waals surface area contributed by atoms with Crippen molar-refractivity contribution in [1.29, 1.82) is 0 Å². The van der Waals surface area contributed by atoms with E-state index < -0.39 is 0 Å². The van der Waals surface area contributed by atoms with Crippen molar-refractivity contribution < 1.29 is 0 Å². The van der Waals surface area contributed by atoms with Crippen LogP contribution >= 0.6 is 11.6 Å². The molecule has 1 aromatic carbocycles. The summed E-state index contributed by atoms with van der Waals surface area (Å²) in [5.41, 5.74) is 9.44. The lowest BCUT2D eigenvalue weighted by Gasteiger charge is -2.21. The first-order valence-corrected chi connectivity index (χ1v) is 7.62. The third kappa shape index (κ3) is 4.45. The Labute approximate surface area is 131 Å². The highest BCUT2D eigenvalue weighted by atomic mass is 35.5. The topological polar surface area (TPSA) is 42.1 Å². The van der Waals surface area contributed by atoms with Crippen molar-refractivity contribution in [3.8, 4) is 0 Å². The predicted molar refractivity (Wildman–Crippen MR) is 89.8 cm³/mol. The number of rotatable bonds is 6. The molecular weight excluding hydrogens is 282 g/mol. The van der Waals surface area contributed by atoms with Crippen molar-refractivity contribution in [2.24, 2.45) is 5.73 Å². The maximum atomic E-state index is 6.39. The number of anilines is 1. The molecule has 0 spiro atoms. The van der Waals surface area contributed by atoms with Gasteiger partial charge in [0.15, 0.2) is 0 Å². The Morgan fingerprint density at radius 2 is 1.95 bits per heavy atom. The van der Waals surface area contributed by atoms with Crippen LogP contribution in [0.2, 0.25) is 5.02 Å². The van der Waals surface area contributed by atoms with Crippen LogP contribution in [0.4, 0.5) is 5.69 Å². The van der Waals surface area contributed by atoms with Gasteiger partial charge in [0.05, 0.1) is 0 Å². The Morgan fingerprint density at radius 3 is 2.57 bits per heavy atom. The van der Waals surface area contributed by atoms with Gasteiger partial charge >= 0.3 is 0 Å². The highest BCUT2D eigenvalue weighted by molar-refractivity contribution is 6.31. The summed E-state index contributed by atoms with van der Waals surface area (Å²) in [7, 11) is 2.06. The minimum absolute atomic E-state index is 0.169. The molecule has 1 atom stereocenters. The molecule has 0 amide bonds. The van der Waals surface area contributed by atoms with Crippen molar-refractivity contribution in [3.05, 3.63) is 58.9 Å². The van der Waals surface area contributed by atoms with Crippen LogP contribution in [-0.2, 0) is 13.0 Å². The smallest absolute Gasteiger partial charge is 0.0459 e. The zero-order chi connectivity index (χ0) is 15.2. The summed E-state index contributed by atoms with van der Waals surface area (Å²) < 4.78 is 0. The van der Waals surface area contributed by atoms with E-state index >= 15 is 0 Å². The van der Waals surface area contributed by atoms with Gasteiger partial charge in [-0.25, -0.2) is 0 Å². The zero-order valence-electron chi connectivity index (χ0n) is 12.6. The maximum absolute atomic E-state index is 6.39. The molecule has 21 heavy (non-hydrogen) atoms. The summed E-state index contributed by atoms with van der Waals surface area (Å²) in [4.78, 5) is 6.21. The highest BCUT2D eigenvalue weighted by Crippen LogP contribution is 2.25. The van der Waals surface area contributed by atoms with E-state index in [1.165, 1.54) is 5.56 Å². The van der Waals surface area contributed by atoms with Crippen LogP contribution in [-0.4, -0.2) is 18.1 Å². The lowest BCUT2D eigenvalue weighted by atomic mass is 10.0. The quantitative estimate of drug-likeness (QED) is 0.885. The van der Waals surface area contributed by atoms with Crippen molar-refractivity contribution in [1.82, 2.24) is 4.98 Å². The Bertz CT molecular complexity index is 572. The number of aromatic nitrogens is 1. The van der Waals surface area contributed by atoms with Crippen molar-refractivity contribution in [2.75, 3.05) is 11.9 Å². The third-order valence-electron chi connectivity index (χ3n) is 3.65. The SMILES string of the molecule is CCC(N)Cc1ccc(N(C)Cc2ccncc2)cc1Cl. The lowest BCUT2D eigenvalue weighted by molar-refractivity contribution is 0.646. The number of halogens is 1. The Hall–Kier alpha value is -1.58. The summed E-state index contributed by atoms with van der Waals surface area (Å²) in [5.74, 6) is 0. The average molecular weight is 304 g/mol. The molecule has 2 aromatic rings. The summed E-state index contributed by atoms with van der Waals surface area (Å²) in [6, 6.07) is 10.4. The number of benzene rings is 1. The fourth-order valence-electron chi connectivity index (χ4n) is 2.22. The lowest BCUT2D eigenvalue weighted by Crippen LogP contribution is -2.21. The first-order chi connectivity index (χ1) is 10.1. The first-order valence-electron chi connectivity index (χ1n) is 7.24. The van der Waals surface area contributed by atoms with E-state index in [4.69, 9.17) is 17.3 Å². The van der Waals surface area contributed by atoms with Crippen LogP contribution in [0.5, 0.6) is 0 Å². The molecule has 4 heteroatoms. The molecule has 0 aliphatic rings. The van der Waals surface area contributed by atoms with Gasteiger partial charge in [-0.15, -0.1) is 0 Å². The minimum Gasteiger partial charge on any atom is -0.370 e. The second kappa shape index (κ2) is 7.43. The van der Waals surface area contributed by atoms with E-state index in [9.17, 15) is 0 Å². The van der Waals surface area contributed by atoms with Gasteiger partial charge in [0.2, 0.25) is 0 Å². The molecule has 1 heterocycles. The van der Waals surface area contributed by atoms with Gasteiger partial charge in [-0.1, -0.05) is 24.6 Å². The molecule has 112 valence electrons. The van der Waals surface area contributed by atoms with Crippen molar-refractivity contribution in [2.45, 2.75) is 32.4 Å². The van der Waals surface area contributed by atoms with Gasteiger partial charge in [-0.2, -0.15) is 0 Å². The molecule has 0 saturated carbocycles. The molecule has 1 aromatic heterocycles. The maximum Gasteiger partial charge on any atom is 0.0459 e. The van der Waals surface area contributed by atoms with Gasteiger partial charge in [0, 0.05) is 42.7 Å². The third-order valence-corrected chi connectivity index (χ3v) is 4.00. The zero-order valence-corrected chi connectivity index (χ0v) is 13.3. The van der Waals surface area contributed by atoms with Gasteiger partial charge in [-0.05, 0) is 48.2 Å². The first kappa shape index (κ1) is 15.8. The van der Waals surface area contributed by atoms with E-state index in [2.05, 4.69) is 36.0 Å². The number of hydrogen-bond acceptors (Lipinski definition) is 3. The summed E-state index contributed by atoms with van der Waals surface area (Å²) in [6.45, 7) is 2.92. The molecule has 2 N–H and O–H groups in total. The monoisotopic (exact) mass is 303 g/mol. The van der Waals surface area contributed by atoms with E-state index in [1.54, 1.807) is 0 Å². The molecule has 3 nitrogen and oxygen atoms in total. The van der Waals surface area contributed by atoms with Crippen molar-refractivity contribution >= 4 is 17.3 Å². The molecule has 0 aliphatic carbocycles. The normalized spacial score (nSPS) is 12.2. The van der Waals surface area contributed by atoms with E-state index in [0.29, 0.717) is 0 Å². The number of nitrogens with two attached hydrogens (primary N) is 1. The fourth-order valence-corrected chi connectivity index (χ4v) is 2.47. The summed E-state index contributed by atoms with van der Waals surface area (Å²) in [5, 5.41) is 0.790. The van der Waals surface area contributed by atoms with Crippen molar-refractivity contribution in [3.63, 3.8) is 0 Å². The highest BCUT2D eigenvalue weighted by Gasteiger charge is 2.09. The van der Waals surface area contributed by atoms with Crippen LogP contribution in [0.1, 0.15) is 24.5 Å². The molecule has 0 bridgehead atoms. The Balaban J connectivity index is 2.08. The molecule has 1 unspecified atom stereocenters. The molecule has 0 radical (unpaired) electrons. The van der Waals surface area contributed by atoms with E-state index in [0.717, 1.165) is 35.7 Å². The average Bonchev–Trinajstić information content (AvgIpc) is 2.50. The fraction of sp³-hybridized carbons (Fsp3) is 0.353. The van der Waals surface area contributed by atoms with Crippen LogP contribution in [0.15, 0.2) is 42.7 Å². The standard InChI is InChI=1S/C17H22ClN3/c1-3-15(19)10-14-4-5-16(11-17(14)18)21(2)12-13-6-8-20-9-7-13/h4-9,11,15H,3,10,12,19H2,1-2H3. The van der Waals surface area contributed by atoms with Gasteiger partial charge in [0.25, 0.3) is 0 Å². The largest absolute Gasteiger partial charge is 0.370 e. The van der Waals surface area contributed by atoms with E-state index in [1.807, 2.05) is 30.6 Å². The number of hydrogen-bond donors (Lipinski definition) is 1. The van der Waals surface area contributed by atoms with Gasteiger partial charge in [-0.3, -0.25) is 4.98 Å². The van der Waals surface area contributed by atoms with Gasteiger partial charge < -0.3 is 10.6 Å². The van der Waals surface area contributed by atoms with Crippen LogP contribution in [0.3, 0.4) is 0 Å². The van der Waals surface area contributed by atoms with Gasteiger partial charge in [0.1, 0.15) is 0 Å². The van der Waals surface area contributed by atoms with Crippen LogP contribution in [0, 0.1) is 0 Å². The number of pyridine rings is 1. The molecule has 0 fully saturated rings. The van der Waals surface area contributed by atoms with Crippen LogP contribution in [0.25, 0.3) is 0 Å². The molecule has 2 rings (SSSR count). The summed E-state index contributed by atoms with van der Waals surface area (Å²) >= 11 is 6.39. The molecule has 0 saturated heterocycles. The Kier molecular flexibility index (Phi) is 5.59.